The van der Waals surface area contributed by atoms with Gasteiger partial charge in [-0.1, -0.05) is 27.2 Å². The van der Waals surface area contributed by atoms with E-state index in [0.29, 0.717) is 11.5 Å². The first kappa shape index (κ1) is 11.6. The Hall–Kier alpha value is -0.830. The van der Waals surface area contributed by atoms with Crippen LogP contribution in [-0.2, 0) is 13.0 Å². The predicted octanol–water partition coefficient (Wildman–Crippen LogP) is 2.91. The second-order valence-corrected chi connectivity index (χ2v) is 5.39. The molecule has 3 nitrogen and oxygen atoms in total. The Morgan fingerprint density at radius 3 is 2.94 bits per heavy atom. The molecule has 1 aromatic heterocycles. The maximum Gasteiger partial charge on any atom is 0.208 e. The van der Waals surface area contributed by atoms with Crippen LogP contribution in [0, 0.1) is 5.41 Å². The highest BCUT2D eigenvalue weighted by molar-refractivity contribution is 4.95. The highest BCUT2D eigenvalue weighted by atomic mass is 16.4. The van der Waals surface area contributed by atoms with E-state index in [1.165, 1.54) is 19.3 Å². The summed E-state index contributed by atoms with van der Waals surface area (Å²) in [5.74, 6) is 1.79. The SMILES string of the molecule is CCc1cnc(CNC2CCCC2(C)C)o1. The van der Waals surface area contributed by atoms with Gasteiger partial charge < -0.3 is 9.73 Å². The molecule has 16 heavy (non-hydrogen) atoms. The molecule has 1 aliphatic rings. The molecule has 1 aliphatic carbocycles. The third-order valence-corrected chi connectivity index (χ3v) is 3.71. The van der Waals surface area contributed by atoms with Crippen LogP contribution in [0.25, 0.3) is 0 Å². The zero-order chi connectivity index (χ0) is 11.6. The van der Waals surface area contributed by atoms with E-state index in [2.05, 4.69) is 31.1 Å². The molecule has 1 heterocycles. The summed E-state index contributed by atoms with van der Waals surface area (Å²) in [5.41, 5.74) is 0.417. The largest absolute Gasteiger partial charge is 0.444 e. The van der Waals surface area contributed by atoms with Crippen LogP contribution in [0.15, 0.2) is 10.6 Å². The van der Waals surface area contributed by atoms with Gasteiger partial charge in [-0.15, -0.1) is 0 Å². The molecule has 1 atom stereocenters. The van der Waals surface area contributed by atoms with Crippen molar-refractivity contribution in [1.82, 2.24) is 10.3 Å². The first-order valence-corrected chi connectivity index (χ1v) is 6.29. The van der Waals surface area contributed by atoms with Gasteiger partial charge in [-0.3, -0.25) is 0 Å². The van der Waals surface area contributed by atoms with E-state index in [9.17, 15) is 0 Å². The lowest BCUT2D eigenvalue weighted by atomic mass is 9.87. The van der Waals surface area contributed by atoms with E-state index >= 15 is 0 Å². The molecule has 90 valence electrons. The molecule has 0 radical (unpaired) electrons. The molecule has 0 amide bonds. The molecular weight excluding hydrogens is 200 g/mol. The molecule has 1 aromatic rings. The smallest absolute Gasteiger partial charge is 0.208 e. The Kier molecular flexibility index (Phi) is 3.33. The van der Waals surface area contributed by atoms with Gasteiger partial charge in [0.15, 0.2) is 0 Å². The van der Waals surface area contributed by atoms with Gasteiger partial charge in [-0.05, 0) is 18.3 Å². The predicted molar refractivity (Wildman–Crippen MR) is 64.1 cm³/mol. The number of hydrogen-bond acceptors (Lipinski definition) is 3. The fourth-order valence-corrected chi connectivity index (χ4v) is 2.51. The van der Waals surface area contributed by atoms with Crippen LogP contribution in [0.5, 0.6) is 0 Å². The first-order chi connectivity index (χ1) is 7.62. The average Bonchev–Trinajstić information content (AvgIpc) is 2.81. The zero-order valence-electron chi connectivity index (χ0n) is 10.5. The first-order valence-electron chi connectivity index (χ1n) is 6.29. The highest BCUT2D eigenvalue weighted by Crippen LogP contribution is 2.37. The second kappa shape index (κ2) is 4.58. The van der Waals surface area contributed by atoms with Crippen LogP contribution in [0.1, 0.15) is 51.7 Å². The summed E-state index contributed by atoms with van der Waals surface area (Å²) < 4.78 is 5.59. The number of aromatic nitrogens is 1. The number of nitrogens with zero attached hydrogens (tertiary/aromatic N) is 1. The van der Waals surface area contributed by atoms with Gasteiger partial charge in [0.05, 0.1) is 12.7 Å². The fourth-order valence-electron chi connectivity index (χ4n) is 2.51. The summed E-state index contributed by atoms with van der Waals surface area (Å²) in [5, 5.41) is 3.57. The lowest BCUT2D eigenvalue weighted by Crippen LogP contribution is -2.37. The van der Waals surface area contributed by atoms with Crippen molar-refractivity contribution in [3.8, 4) is 0 Å². The number of aryl methyl sites for hydroxylation is 1. The van der Waals surface area contributed by atoms with E-state index in [1.807, 2.05) is 6.20 Å². The van der Waals surface area contributed by atoms with Crippen LogP contribution < -0.4 is 5.32 Å². The lowest BCUT2D eigenvalue weighted by Gasteiger charge is -2.27. The van der Waals surface area contributed by atoms with E-state index < -0.39 is 0 Å². The Morgan fingerprint density at radius 2 is 2.38 bits per heavy atom. The molecule has 1 fully saturated rings. The Balaban J connectivity index is 1.87. The van der Waals surface area contributed by atoms with Crippen molar-refractivity contribution >= 4 is 0 Å². The molecule has 0 bridgehead atoms. The third-order valence-electron chi connectivity index (χ3n) is 3.71. The van der Waals surface area contributed by atoms with Crippen molar-refractivity contribution in [3.05, 3.63) is 17.8 Å². The molecule has 2 rings (SSSR count). The van der Waals surface area contributed by atoms with E-state index in [4.69, 9.17) is 4.42 Å². The standard InChI is InChI=1S/C13H22N2O/c1-4-10-8-15-12(16-10)9-14-11-6-5-7-13(11,2)3/h8,11,14H,4-7,9H2,1-3H3. The van der Waals surface area contributed by atoms with Gasteiger partial charge in [0.2, 0.25) is 5.89 Å². The maximum absolute atomic E-state index is 5.59. The monoisotopic (exact) mass is 222 g/mol. The minimum atomic E-state index is 0.417. The molecule has 3 heteroatoms. The van der Waals surface area contributed by atoms with Gasteiger partial charge in [-0.25, -0.2) is 4.98 Å². The molecule has 0 aliphatic heterocycles. The Labute approximate surface area is 97.6 Å². The van der Waals surface area contributed by atoms with E-state index in [1.54, 1.807) is 0 Å². The summed E-state index contributed by atoms with van der Waals surface area (Å²) in [4.78, 5) is 4.27. The van der Waals surface area contributed by atoms with Crippen LogP contribution in [0.3, 0.4) is 0 Å². The zero-order valence-corrected chi connectivity index (χ0v) is 10.5. The molecule has 0 spiro atoms. The van der Waals surface area contributed by atoms with Crippen LogP contribution in [-0.4, -0.2) is 11.0 Å². The van der Waals surface area contributed by atoms with Gasteiger partial charge in [0, 0.05) is 12.5 Å². The number of nitrogens with one attached hydrogen (secondary N) is 1. The van der Waals surface area contributed by atoms with Gasteiger partial charge in [0.25, 0.3) is 0 Å². The molecule has 1 N–H and O–H groups in total. The van der Waals surface area contributed by atoms with Crippen LogP contribution in [0.4, 0.5) is 0 Å². The fraction of sp³-hybridized carbons (Fsp3) is 0.769. The summed E-state index contributed by atoms with van der Waals surface area (Å²) in [7, 11) is 0. The van der Waals surface area contributed by atoms with Crippen molar-refractivity contribution in [2.24, 2.45) is 5.41 Å². The number of rotatable bonds is 4. The normalized spacial score (nSPS) is 23.8. The summed E-state index contributed by atoms with van der Waals surface area (Å²) in [6.07, 6.45) is 6.67. The molecule has 1 unspecified atom stereocenters. The van der Waals surface area contributed by atoms with Crippen LogP contribution >= 0.6 is 0 Å². The third kappa shape index (κ3) is 2.46. The van der Waals surface area contributed by atoms with E-state index in [0.717, 1.165) is 24.6 Å². The quantitative estimate of drug-likeness (QED) is 0.851. The van der Waals surface area contributed by atoms with E-state index in [-0.39, 0.29) is 0 Å². The minimum absolute atomic E-state index is 0.417. The second-order valence-electron chi connectivity index (χ2n) is 5.39. The maximum atomic E-state index is 5.59. The van der Waals surface area contributed by atoms with Gasteiger partial charge in [0.1, 0.15) is 5.76 Å². The topological polar surface area (TPSA) is 38.1 Å². The molecule has 0 saturated heterocycles. The van der Waals surface area contributed by atoms with Gasteiger partial charge >= 0.3 is 0 Å². The average molecular weight is 222 g/mol. The number of oxazole rings is 1. The van der Waals surface area contributed by atoms with Gasteiger partial charge in [-0.2, -0.15) is 0 Å². The number of hydrogen-bond donors (Lipinski definition) is 1. The molecular formula is C13H22N2O. The van der Waals surface area contributed by atoms with Crippen molar-refractivity contribution in [2.45, 2.75) is 59.0 Å². The highest BCUT2D eigenvalue weighted by Gasteiger charge is 2.33. The minimum Gasteiger partial charge on any atom is -0.444 e. The van der Waals surface area contributed by atoms with Crippen molar-refractivity contribution < 1.29 is 4.42 Å². The van der Waals surface area contributed by atoms with Crippen LogP contribution in [0.2, 0.25) is 0 Å². The van der Waals surface area contributed by atoms with Crippen molar-refractivity contribution in [3.63, 3.8) is 0 Å². The Morgan fingerprint density at radius 1 is 1.56 bits per heavy atom. The van der Waals surface area contributed by atoms with Crippen molar-refractivity contribution in [2.75, 3.05) is 0 Å². The summed E-state index contributed by atoms with van der Waals surface area (Å²) in [6.45, 7) is 7.52. The summed E-state index contributed by atoms with van der Waals surface area (Å²) >= 11 is 0. The van der Waals surface area contributed by atoms with Crippen molar-refractivity contribution in [1.29, 1.82) is 0 Å². The Bertz CT molecular complexity index is 343. The molecule has 0 aromatic carbocycles. The lowest BCUT2D eigenvalue weighted by molar-refractivity contribution is 0.273. The summed E-state index contributed by atoms with van der Waals surface area (Å²) in [6, 6.07) is 0.601. The molecule has 1 saturated carbocycles.